The molecule has 0 saturated carbocycles. The Labute approximate surface area is 201 Å². The number of aliphatic imine (C=N–C) groups is 1. The first kappa shape index (κ1) is 23.3. The van der Waals surface area contributed by atoms with Crippen LogP contribution in [0.2, 0.25) is 10.0 Å². The van der Waals surface area contributed by atoms with Gasteiger partial charge in [0.1, 0.15) is 11.9 Å². The van der Waals surface area contributed by atoms with Crippen molar-refractivity contribution in [1.29, 1.82) is 0 Å². The molecule has 1 aromatic heterocycles. The maximum Gasteiger partial charge on any atom is 0.335 e. The van der Waals surface area contributed by atoms with E-state index < -0.39 is 12.0 Å². The predicted octanol–water partition coefficient (Wildman–Crippen LogP) is 4.99. The molecule has 0 amide bonds. The second-order valence-corrected chi connectivity index (χ2v) is 9.57. The van der Waals surface area contributed by atoms with E-state index >= 15 is 0 Å². The minimum Gasteiger partial charge on any atom is -0.478 e. The molecule has 0 bridgehead atoms. The number of nitrogens with zero attached hydrogens (tertiary/aromatic N) is 2. The molecule has 1 saturated heterocycles. The minimum absolute atomic E-state index is 0.154. The maximum atomic E-state index is 12.3. The number of carbonyl (C=O) groups is 1. The van der Waals surface area contributed by atoms with E-state index in [1.807, 2.05) is 17.5 Å². The van der Waals surface area contributed by atoms with Crippen LogP contribution in [0.5, 0.6) is 0 Å². The van der Waals surface area contributed by atoms with Gasteiger partial charge in [-0.1, -0.05) is 41.8 Å². The van der Waals surface area contributed by atoms with Gasteiger partial charge < -0.3 is 20.1 Å². The number of aliphatic carboxylic acids is 1. The lowest BCUT2D eigenvalue weighted by molar-refractivity contribution is -0.133. The molecule has 4 rings (SSSR count). The maximum absolute atomic E-state index is 12.3. The highest BCUT2D eigenvalue weighted by atomic mass is 35.5. The third kappa shape index (κ3) is 5.53. The van der Waals surface area contributed by atoms with Gasteiger partial charge in [-0.05, 0) is 55.1 Å². The summed E-state index contributed by atoms with van der Waals surface area (Å²) in [7, 11) is 0. The van der Waals surface area contributed by atoms with E-state index in [0.29, 0.717) is 33.7 Å². The van der Waals surface area contributed by atoms with Crippen molar-refractivity contribution in [3.05, 3.63) is 67.5 Å². The average Bonchev–Trinajstić information content (AvgIpc) is 3.33. The summed E-state index contributed by atoms with van der Waals surface area (Å²) in [5.74, 6) is -0.423. The highest BCUT2D eigenvalue weighted by Gasteiger charge is 2.31. The fraction of sp³-hybridized carbons (Fsp3) is 0.391. The number of benzene rings is 1. The number of piperidine rings is 1. The molecule has 1 unspecified atom stereocenters. The van der Waals surface area contributed by atoms with Crippen LogP contribution in [0.4, 0.5) is 0 Å². The first-order valence-electron chi connectivity index (χ1n) is 10.6. The highest BCUT2D eigenvalue weighted by molar-refractivity contribution is 7.12. The van der Waals surface area contributed by atoms with Crippen LogP contribution in [-0.4, -0.2) is 54.7 Å². The van der Waals surface area contributed by atoms with Crippen LogP contribution in [-0.2, 0) is 9.53 Å². The van der Waals surface area contributed by atoms with Gasteiger partial charge in [0.15, 0.2) is 0 Å². The van der Waals surface area contributed by atoms with Gasteiger partial charge in [-0.3, -0.25) is 4.99 Å². The molecule has 2 aromatic rings. The first-order chi connectivity index (χ1) is 15.5. The number of hydrogen-bond donors (Lipinski definition) is 2. The molecule has 6 nitrogen and oxygen atoms in total. The van der Waals surface area contributed by atoms with Crippen LogP contribution in [0.25, 0.3) is 0 Å². The van der Waals surface area contributed by atoms with Crippen molar-refractivity contribution in [1.82, 2.24) is 10.2 Å². The molecular weight excluding hydrogens is 469 g/mol. The largest absolute Gasteiger partial charge is 0.478 e. The van der Waals surface area contributed by atoms with Gasteiger partial charge in [0.05, 0.1) is 39.4 Å². The van der Waals surface area contributed by atoms with Crippen molar-refractivity contribution in [2.75, 3.05) is 32.8 Å². The molecule has 2 N–H and O–H groups in total. The molecule has 2 aliphatic heterocycles. The number of carboxylic acids is 1. The van der Waals surface area contributed by atoms with E-state index in [1.165, 1.54) is 30.6 Å². The number of halogens is 2. The lowest BCUT2D eigenvalue weighted by atomic mass is 9.95. The molecule has 0 aliphatic carbocycles. The van der Waals surface area contributed by atoms with E-state index in [4.69, 9.17) is 32.9 Å². The van der Waals surface area contributed by atoms with Crippen molar-refractivity contribution in [2.24, 2.45) is 4.99 Å². The third-order valence-electron chi connectivity index (χ3n) is 5.62. The second-order valence-electron chi connectivity index (χ2n) is 7.81. The van der Waals surface area contributed by atoms with Crippen molar-refractivity contribution in [2.45, 2.75) is 25.3 Å². The second kappa shape index (κ2) is 10.8. The lowest BCUT2D eigenvalue weighted by Crippen LogP contribution is -2.36. The Hall–Kier alpha value is -1.90. The van der Waals surface area contributed by atoms with Crippen LogP contribution < -0.4 is 5.32 Å². The Bertz CT molecular complexity index is 1020. The number of likely N-dealkylation sites (tertiary alicyclic amines) is 1. The quantitative estimate of drug-likeness (QED) is 0.506. The number of thiophene rings is 1. The number of amidine groups is 1. The molecule has 1 aromatic carbocycles. The summed E-state index contributed by atoms with van der Waals surface area (Å²) >= 11 is 13.8. The van der Waals surface area contributed by atoms with Crippen LogP contribution in [0.3, 0.4) is 0 Å². The Balaban J connectivity index is 1.58. The van der Waals surface area contributed by atoms with Gasteiger partial charge in [0, 0.05) is 6.54 Å². The molecule has 9 heteroatoms. The standard InChI is InChI=1S/C23H25Cl2N3O3S/c24-16-7-6-15(13-17(16)25)21-20(23(29)30)18(26-22(27-21)19-5-4-12-32-19)14-31-11-10-28-8-2-1-3-9-28/h4-7,12-13,21H,1-3,8-11,14H2,(H,26,27)(H,29,30). The molecule has 0 spiro atoms. The Kier molecular flexibility index (Phi) is 7.86. The highest BCUT2D eigenvalue weighted by Crippen LogP contribution is 2.35. The first-order valence-corrected chi connectivity index (χ1v) is 12.3. The number of hydrogen-bond acceptors (Lipinski definition) is 6. The number of nitrogens with one attached hydrogen (secondary N) is 1. The van der Waals surface area contributed by atoms with Crippen LogP contribution in [0, 0.1) is 0 Å². The zero-order valence-corrected chi connectivity index (χ0v) is 19.8. The molecule has 3 heterocycles. The van der Waals surface area contributed by atoms with E-state index in [2.05, 4.69) is 10.2 Å². The summed E-state index contributed by atoms with van der Waals surface area (Å²) in [6, 6.07) is 8.26. The molecule has 1 atom stereocenters. The summed E-state index contributed by atoms with van der Waals surface area (Å²) in [6.07, 6.45) is 3.74. The van der Waals surface area contributed by atoms with Crippen molar-refractivity contribution < 1.29 is 14.6 Å². The van der Waals surface area contributed by atoms with Crippen molar-refractivity contribution in [3.8, 4) is 0 Å². The smallest absolute Gasteiger partial charge is 0.335 e. The zero-order chi connectivity index (χ0) is 22.5. The van der Waals surface area contributed by atoms with Gasteiger partial charge >= 0.3 is 5.97 Å². The van der Waals surface area contributed by atoms with E-state index in [0.717, 1.165) is 24.5 Å². The lowest BCUT2D eigenvalue weighted by Gasteiger charge is -2.28. The summed E-state index contributed by atoms with van der Waals surface area (Å²) < 4.78 is 5.92. The molecule has 170 valence electrons. The van der Waals surface area contributed by atoms with Gasteiger partial charge in [0.2, 0.25) is 0 Å². The monoisotopic (exact) mass is 493 g/mol. The normalized spacial score (nSPS) is 19.6. The van der Waals surface area contributed by atoms with Gasteiger partial charge in [0.25, 0.3) is 0 Å². The van der Waals surface area contributed by atoms with Crippen molar-refractivity contribution in [3.63, 3.8) is 0 Å². The van der Waals surface area contributed by atoms with Gasteiger partial charge in [-0.25, -0.2) is 4.79 Å². The molecule has 1 fully saturated rings. The average molecular weight is 494 g/mol. The van der Waals surface area contributed by atoms with Gasteiger partial charge in [-0.15, -0.1) is 11.3 Å². The number of ether oxygens (including phenoxy) is 1. The van der Waals surface area contributed by atoms with Crippen LogP contribution in [0.15, 0.2) is 52.0 Å². The fourth-order valence-corrected chi connectivity index (χ4v) is 4.96. The summed E-state index contributed by atoms with van der Waals surface area (Å²) in [6.45, 7) is 3.75. The SMILES string of the molecule is O=C(O)C1=C(COCCN2CCCCC2)NC(c2cccs2)=NC1c1ccc(Cl)c(Cl)c1. The minimum atomic E-state index is -1.04. The Morgan fingerprint density at radius 1 is 1.22 bits per heavy atom. The van der Waals surface area contributed by atoms with Crippen LogP contribution in [0.1, 0.15) is 35.7 Å². The predicted molar refractivity (Wildman–Crippen MR) is 129 cm³/mol. The number of rotatable bonds is 8. The van der Waals surface area contributed by atoms with Crippen LogP contribution >= 0.6 is 34.5 Å². The Morgan fingerprint density at radius 2 is 2.03 bits per heavy atom. The Morgan fingerprint density at radius 3 is 2.72 bits per heavy atom. The summed E-state index contributed by atoms with van der Waals surface area (Å²) in [5.41, 5.74) is 1.32. The third-order valence-corrected chi connectivity index (χ3v) is 7.23. The molecule has 32 heavy (non-hydrogen) atoms. The molecule has 2 aliphatic rings. The van der Waals surface area contributed by atoms with Gasteiger partial charge in [-0.2, -0.15) is 0 Å². The van der Waals surface area contributed by atoms with E-state index in [9.17, 15) is 9.90 Å². The zero-order valence-electron chi connectivity index (χ0n) is 17.5. The van der Waals surface area contributed by atoms with E-state index in [1.54, 1.807) is 18.2 Å². The van der Waals surface area contributed by atoms with E-state index in [-0.39, 0.29) is 12.2 Å². The summed E-state index contributed by atoms with van der Waals surface area (Å²) in [5, 5.41) is 16.0. The summed E-state index contributed by atoms with van der Waals surface area (Å²) in [4.78, 5) is 20.3. The molecule has 0 radical (unpaired) electrons. The topological polar surface area (TPSA) is 74.2 Å². The fourth-order valence-electron chi connectivity index (χ4n) is 3.97. The molecular formula is C23H25Cl2N3O3S. The number of carboxylic acid groups (broad SMARTS) is 1. The van der Waals surface area contributed by atoms with Crippen molar-refractivity contribution >= 4 is 46.3 Å².